The number of rotatable bonds is 61. The van der Waals surface area contributed by atoms with Crippen molar-refractivity contribution >= 4 is 47.8 Å². The highest BCUT2D eigenvalue weighted by atomic mass is 16.7. The average molecular weight is 2120 g/mol. The summed E-state index contributed by atoms with van der Waals surface area (Å²) in [5.74, 6) is -1.33. The van der Waals surface area contributed by atoms with E-state index >= 15 is 0 Å². The molecular formula is C120H194O30. The summed E-state index contributed by atoms with van der Waals surface area (Å²) in [7, 11) is 7.80. The van der Waals surface area contributed by atoms with Crippen LogP contribution in [0.3, 0.4) is 0 Å². The molecule has 854 valence electrons. The van der Waals surface area contributed by atoms with Crippen molar-refractivity contribution in [1.29, 1.82) is 0 Å². The van der Waals surface area contributed by atoms with Gasteiger partial charge in [0.1, 0.15) is 89.0 Å². The molecule has 8 heterocycles. The Morgan fingerprint density at radius 3 is 0.827 bits per heavy atom. The fourth-order valence-corrected chi connectivity index (χ4v) is 23.9. The number of methoxy groups -OCH3 is 4. The van der Waals surface area contributed by atoms with Crippen LogP contribution in [0.15, 0.2) is 84.0 Å². The number of carbonyl (C=O) groups is 8. The lowest BCUT2D eigenvalue weighted by Crippen LogP contribution is -2.55. The second kappa shape index (κ2) is 62.9. The summed E-state index contributed by atoms with van der Waals surface area (Å²) in [6, 6.07) is 19.4. The predicted molar refractivity (Wildman–Crippen MR) is 572 cm³/mol. The fraction of sp³-hybridized carbons (Fsp3) is 0.800. The van der Waals surface area contributed by atoms with Crippen LogP contribution in [0.25, 0.3) is 0 Å². The molecule has 0 amide bonds. The monoisotopic (exact) mass is 2120 g/mol. The number of allylic oxidation sites excluding steroid dienone is 2. The topological polar surface area (TPSA) is 421 Å². The van der Waals surface area contributed by atoms with Crippen molar-refractivity contribution in [2.75, 3.05) is 62.0 Å². The number of hydrogen-bond acceptors (Lipinski definition) is 27. The zero-order valence-electron chi connectivity index (χ0n) is 93.5. The SMILES string of the molecule is C.CO.CO[C@@H]1[C@H](O)CC[C@]2(CO2)[C@H]1[C@@]1(C)O[C@@H]1CC=C(C)C.CO[C@@H]1[C@H](OC(=O)CCCCCCCCC(=O)O)CC[C@]2(CO2)[C@H]1[C@@]1(C)O[C@@H]1CCC(C)C.CO[C@@H]1[C@H](OC(=O)CCCCCCCCC(=O)O)CC[C@]2(CO2)[C@H]1[C@@]1(C)O[C@@H]1CCC(C)C.CO[C@@H]1[C@H](OC(=O)CCCCCCCCC(=O)OCc2ccccc2)CC[C@]2(CO2)[C@H]1[C@@]1(C)O[C@@H]1CC=C(C)C.O=C(O)CCCCCCCCC(=O)OCc1ccccc1. The van der Waals surface area contributed by atoms with Crippen molar-refractivity contribution in [3.63, 3.8) is 0 Å². The summed E-state index contributed by atoms with van der Waals surface area (Å²) in [5, 5.41) is 43.1. The first-order chi connectivity index (χ1) is 71.3. The Balaban J connectivity index is 0.000000232. The fourth-order valence-electron chi connectivity index (χ4n) is 23.9. The molecule has 8 saturated heterocycles. The van der Waals surface area contributed by atoms with E-state index in [0.29, 0.717) is 57.2 Å². The van der Waals surface area contributed by atoms with E-state index in [0.717, 1.165) is 289 Å². The largest absolute Gasteiger partial charge is 0.481 e. The molecule has 0 aromatic heterocycles. The average Bonchev–Trinajstić information content (AvgIpc) is 1.55. The first-order valence-corrected chi connectivity index (χ1v) is 56.7. The van der Waals surface area contributed by atoms with E-state index in [1.54, 1.807) is 28.4 Å². The molecule has 4 aliphatic carbocycles. The molecule has 30 nitrogen and oxygen atoms in total. The molecule has 14 rings (SSSR count). The van der Waals surface area contributed by atoms with Gasteiger partial charge < -0.3 is 106 Å². The highest BCUT2D eigenvalue weighted by Crippen LogP contribution is 2.64. The number of epoxide rings is 8. The summed E-state index contributed by atoms with van der Waals surface area (Å²) >= 11 is 0. The smallest absolute Gasteiger partial charge is 0.306 e. The molecule has 2 aromatic rings. The Hall–Kier alpha value is -6.88. The molecule has 2 aromatic carbocycles. The zero-order chi connectivity index (χ0) is 109. The number of carboxylic acid groups (broad SMARTS) is 3. The van der Waals surface area contributed by atoms with Crippen molar-refractivity contribution in [1.82, 2.24) is 0 Å². The highest BCUT2D eigenvalue weighted by Gasteiger charge is 2.76. The van der Waals surface area contributed by atoms with Crippen molar-refractivity contribution in [3.05, 3.63) is 95.1 Å². The number of ether oxygens (including phenoxy) is 17. The first-order valence-electron chi connectivity index (χ1n) is 56.7. The summed E-state index contributed by atoms with van der Waals surface area (Å²) in [6.45, 7) is 29.7. The van der Waals surface area contributed by atoms with Gasteiger partial charge in [-0.25, -0.2) is 0 Å². The van der Waals surface area contributed by atoms with Gasteiger partial charge in [-0.1, -0.05) is 222 Å². The molecule has 12 fully saturated rings. The number of esters is 5. The molecule has 0 bridgehead atoms. The maximum absolute atomic E-state index is 12.7. The minimum absolute atomic E-state index is 0. The van der Waals surface area contributed by atoms with E-state index in [-0.39, 0.29) is 192 Å². The van der Waals surface area contributed by atoms with Gasteiger partial charge in [0.05, 0.1) is 92.3 Å². The van der Waals surface area contributed by atoms with Gasteiger partial charge in [0.15, 0.2) is 0 Å². The van der Waals surface area contributed by atoms with Crippen LogP contribution in [0, 0.1) is 35.5 Å². The molecule has 8 aliphatic heterocycles. The number of unbranched alkanes of at least 4 members (excludes halogenated alkanes) is 20. The summed E-state index contributed by atoms with van der Waals surface area (Å²) in [6.07, 6.45) is 41.0. The predicted octanol–water partition coefficient (Wildman–Crippen LogP) is 22.5. The third-order valence-corrected chi connectivity index (χ3v) is 32.9. The van der Waals surface area contributed by atoms with Gasteiger partial charge >= 0.3 is 47.8 Å². The summed E-state index contributed by atoms with van der Waals surface area (Å²) in [4.78, 5) is 92.7. The number of carbonyl (C=O) groups excluding carboxylic acids is 5. The number of aliphatic hydroxyl groups is 2. The minimum atomic E-state index is -0.732. The lowest BCUT2D eigenvalue weighted by Gasteiger charge is -2.42. The van der Waals surface area contributed by atoms with Crippen LogP contribution < -0.4 is 0 Å². The van der Waals surface area contributed by atoms with Gasteiger partial charge in [-0.3, -0.25) is 38.4 Å². The van der Waals surface area contributed by atoms with E-state index in [1.807, 2.05) is 60.7 Å². The van der Waals surface area contributed by atoms with Crippen LogP contribution in [0.1, 0.15) is 397 Å². The molecule has 4 spiro atoms. The van der Waals surface area contributed by atoms with Crippen molar-refractivity contribution in [3.8, 4) is 0 Å². The van der Waals surface area contributed by atoms with Crippen molar-refractivity contribution in [2.45, 2.75) is 517 Å². The quantitative estimate of drug-likeness (QED) is 0.0135. The van der Waals surface area contributed by atoms with Gasteiger partial charge in [0.2, 0.25) is 0 Å². The van der Waals surface area contributed by atoms with Crippen molar-refractivity contribution < 1.29 is 144 Å². The third-order valence-electron chi connectivity index (χ3n) is 32.9. The van der Waals surface area contributed by atoms with Crippen LogP contribution in [0.2, 0.25) is 0 Å². The Bertz CT molecular complexity index is 4270. The van der Waals surface area contributed by atoms with E-state index in [2.05, 4.69) is 95.2 Å². The lowest BCUT2D eigenvalue weighted by molar-refractivity contribution is -0.172. The molecule has 4 saturated carbocycles. The van der Waals surface area contributed by atoms with Crippen LogP contribution in [-0.4, -0.2) is 253 Å². The molecule has 24 atom stereocenters. The van der Waals surface area contributed by atoms with Crippen molar-refractivity contribution in [2.24, 2.45) is 35.5 Å². The van der Waals surface area contributed by atoms with E-state index in [1.165, 1.54) is 11.1 Å². The zero-order valence-corrected chi connectivity index (χ0v) is 93.5. The van der Waals surface area contributed by atoms with E-state index in [4.69, 9.17) is 101 Å². The Morgan fingerprint density at radius 1 is 0.347 bits per heavy atom. The first kappa shape index (κ1) is 128. The standard InChI is InChI=1S/C33H48O7.2C26H44O7.C17H24O4.C16H26O4.CH4O.CH4/c1-24(2)18-19-27-32(3,40-27)31-30(36-4)26(20-21-33(31)23-38-33)39-29(35)17-13-8-6-5-7-12-16-28(34)37-22-25-14-10-9-11-15-25;2*1-18(2)13-14-20-25(3,33-20)24-23(30-4)19(15-16-26(24)17-31-26)32-22(29)12-10-8-6-5-7-9-11-21(27)28;18-16(19)12-8-3-1-2-4-9-13-17(20)21-14-15-10-6-5-7-11-15;1-10(2)5-6-12-15(3,20-12)14-13(18-4)11(17)7-8-16(14)9-19-16;1-2;/h9-11,14-15,18,26-27,30-31H,5-8,12-13,16-17,19-23H2,1-4H3;2*18-20,23-24H,5-17H2,1-4H3,(H,27,28);5-7,10-11H,1-4,8-9,12-14H2,(H,18,19);5,11-14,17H,6-9H2,1-4H3;2H,1H3;1H4/t26-,27-,30-,31-,32+,33+;2*19-,20-,23-,24-,25+,26+;;11-,12-,13-,14-,15+,16+;;/m111.1../s1. The molecule has 12 aliphatic rings. The van der Waals surface area contributed by atoms with Gasteiger partial charge in [-0.05, 0) is 220 Å². The molecule has 150 heavy (non-hydrogen) atoms. The number of aliphatic hydroxyl groups excluding tert-OH is 2. The number of aliphatic carboxylic acids is 3. The Morgan fingerprint density at radius 2 is 0.580 bits per heavy atom. The van der Waals surface area contributed by atoms with Gasteiger partial charge in [0.25, 0.3) is 0 Å². The maximum atomic E-state index is 12.7. The third kappa shape index (κ3) is 40.0. The minimum Gasteiger partial charge on any atom is -0.481 e. The highest BCUT2D eigenvalue weighted by molar-refractivity contribution is 5.71. The van der Waals surface area contributed by atoms with Gasteiger partial charge in [0, 0.05) is 86.9 Å². The number of hydrogen-bond donors (Lipinski definition) is 5. The van der Waals surface area contributed by atoms with Crippen LogP contribution in [0.5, 0.6) is 0 Å². The van der Waals surface area contributed by atoms with Crippen LogP contribution in [0.4, 0.5) is 0 Å². The molecule has 0 unspecified atom stereocenters. The molecule has 30 heteroatoms. The van der Waals surface area contributed by atoms with E-state index < -0.39 is 24.0 Å². The Kier molecular flexibility index (Phi) is 53.8. The van der Waals surface area contributed by atoms with Crippen LogP contribution >= 0.6 is 0 Å². The number of benzene rings is 2. The number of carboxylic acids is 3. The molecule has 5 N–H and O–H groups in total. The lowest BCUT2D eigenvalue weighted by atomic mass is 9.68. The molecular weight excluding hydrogens is 1920 g/mol. The summed E-state index contributed by atoms with van der Waals surface area (Å²) in [5.41, 5.74) is 2.78. The molecule has 0 radical (unpaired) electrons. The Labute approximate surface area is 897 Å². The normalized spacial score (nSPS) is 31.7. The second-order valence-electron chi connectivity index (χ2n) is 46.0. The second-order valence-corrected chi connectivity index (χ2v) is 46.0. The maximum Gasteiger partial charge on any atom is 0.306 e. The van der Waals surface area contributed by atoms with Gasteiger partial charge in [-0.2, -0.15) is 0 Å². The van der Waals surface area contributed by atoms with E-state index in [9.17, 15) is 43.5 Å². The van der Waals surface area contributed by atoms with Gasteiger partial charge in [-0.15, -0.1) is 0 Å². The summed E-state index contributed by atoms with van der Waals surface area (Å²) < 4.78 is 100. The van der Waals surface area contributed by atoms with Crippen LogP contribution in [-0.2, 0) is 132 Å².